The van der Waals surface area contributed by atoms with Gasteiger partial charge in [0.15, 0.2) is 0 Å². The van der Waals surface area contributed by atoms with Gasteiger partial charge in [0.05, 0.1) is 5.69 Å². The Labute approximate surface area is 122 Å². The summed E-state index contributed by atoms with van der Waals surface area (Å²) in [6.45, 7) is 4.06. The molecule has 0 saturated heterocycles. The Hall–Kier alpha value is -0.830. The van der Waals surface area contributed by atoms with Crippen LogP contribution in [0.1, 0.15) is 50.0 Å². The van der Waals surface area contributed by atoms with E-state index < -0.39 is 0 Å². The monoisotopic (exact) mass is 273 g/mol. The van der Waals surface area contributed by atoms with Crippen LogP contribution in [0.3, 0.4) is 0 Å². The standard InChI is InChI=1S/C17H27N3/c1-12-19-16(2-3-18)10-20(12)11-17-7-13-4-14(8-17)6-15(5-13)9-17/h10,13-15H,2-9,11,18H2,1H3. The summed E-state index contributed by atoms with van der Waals surface area (Å²) in [6, 6.07) is 0. The van der Waals surface area contributed by atoms with Crippen molar-refractivity contribution in [3.05, 3.63) is 17.7 Å². The van der Waals surface area contributed by atoms with Crippen molar-refractivity contribution in [2.75, 3.05) is 6.54 Å². The molecule has 0 aliphatic heterocycles. The summed E-state index contributed by atoms with van der Waals surface area (Å²) in [5, 5.41) is 0. The fourth-order valence-corrected chi connectivity index (χ4v) is 5.85. The van der Waals surface area contributed by atoms with Crippen LogP contribution in [-0.4, -0.2) is 16.1 Å². The third-order valence-corrected chi connectivity index (χ3v) is 6.10. The maximum absolute atomic E-state index is 5.66. The zero-order chi connectivity index (χ0) is 13.7. The van der Waals surface area contributed by atoms with Gasteiger partial charge >= 0.3 is 0 Å². The van der Waals surface area contributed by atoms with Gasteiger partial charge in [-0.3, -0.25) is 0 Å². The molecule has 3 nitrogen and oxygen atoms in total. The largest absolute Gasteiger partial charge is 0.334 e. The smallest absolute Gasteiger partial charge is 0.105 e. The van der Waals surface area contributed by atoms with Gasteiger partial charge in [-0.05, 0) is 75.2 Å². The molecule has 3 heteroatoms. The van der Waals surface area contributed by atoms with E-state index in [1.165, 1.54) is 56.6 Å². The number of nitrogens with zero attached hydrogens (tertiary/aromatic N) is 2. The first-order valence-corrected chi connectivity index (χ1v) is 8.38. The highest BCUT2D eigenvalue weighted by Crippen LogP contribution is 2.60. The molecule has 4 aliphatic rings. The van der Waals surface area contributed by atoms with Crippen LogP contribution < -0.4 is 5.73 Å². The van der Waals surface area contributed by atoms with Crippen LogP contribution in [0.2, 0.25) is 0 Å². The van der Waals surface area contributed by atoms with Gasteiger partial charge < -0.3 is 10.3 Å². The molecule has 20 heavy (non-hydrogen) atoms. The number of hydrogen-bond acceptors (Lipinski definition) is 2. The zero-order valence-corrected chi connectivity index (χ0v) is 12.6. The molecule has 4 aliphatic carbocycles. The Balaban J connectivity index is 1.56. The Morgan fingerprint density at radius 2 is 1.80 bits per heavy atom. The highest BCUT2D eigenvalue weighted by Gasteiger charge is 2.50. The van der Waals surface area contributed by atoms with Gasteiger partial charge in [0.25, 0.3) is 0 Å². The molecule has 0 aromatic carbocycles. The average molecular weight is 273 g/mol. The molecular formula is C17H27N3. The van der Waals surface area contributed by atoms with E-state index >= 15 is 0 Å². The number of rotatable bonds is 4. The molecule has 0 amide bonds. The Bertz CT molecular complexity index is 467. The Morgan fingerprint density at radius 3 is 2.35 bits per heavy atom. The predicted octanol–water partition coefficient (Wildman–Crippen LogP) is 2.91. The summed E-state index contributed by atoms with van der Waals surface area (Å²) in [5.74, 6) is 4.29. The topological polar surface area (TPSA) is 43.8 Å². The van der Waals surface area contributed by atoms with E-state index in [1.807, 2.05) is 0 Å². The maximum atomic E-state index is 5.66. The van der Waals surface area contributed by atoms with Crippen molar-refractivity contribution in [1.29, 1.82) is 0 Å². The summed E-state index contributed by atoms with van der Waals surface area (Å²) in [6.07, 6.45) is 12.2. The molecule has 4 saturated carbocycles. The Kier molecular flexibility index (Phi) is 2.95. The molecule has 0 atom stereocenters. The van der Waals surface area contributed by atoms with Crippen molar-refractivity contribution in [3.8, 4) is 0 Å². The van der Waals surface area contributed by atoms with E-state index in [4.69, 9.17) is 5.73 Å². The van der Waals surface area contributed by atoms with Gasteiger partial charge in [-0.1, -0.05) is 0 Å². The van der Waals surface area contributed by atoms with Crippen LogP contribution in [0.25, 0.3) is 0 Å². The van der Waals surface area contributed by atoms with Gasteiger partial charge in [0.2, 0.25) is 0 Å². The van der Waals surface area contributed by atoms with E-state index in [0.29, 0.717) is 12.0 Å². The van der Waals surface area contributed by atoms with Crippen molar-refractivity contribution in [1.82, 2.24) is 9.55 Å². The maximum Gasteiger partial charge on any atom is 0.105 e. The van der Waals surface area contributed by atoms with E-state index in [0.717, 1.165) is 24.2 Å². The van der Waals surface area contributed by atoms with Crippen molar-refractivity contribution >= 4 is 0 Å². The van der Waals surface area contributed by atoms with Crippen molar-refractivity contribution in [3.63, 3.8) is 0 Å². The lowest BCUT2D eigenvalue weighted by Gasteiger charge is -2.57. The van der Waals surface area contributed by atoms with Crippen LogP contribution >= 0.6 is 0 Å². The molecule has 1 aromatic rings. The second-order valence-electron chi connectivity index (χ2n) is 7.86. The molecule has 2 N–H and O–H groups in total. The SMILES string of the molecule is Cc1nc(CCN)cn1CC12CC3CC(CC(C3)C1)C2. The molecule has 4 bridgehead atoms. The minimum atomic E-state index is 0.597. The number of nitrogens with two attached hydrogens (primary N) is 1. The molecule has 5 rings (SSSR count). The van der Waals surface area contributed by atoms with Crippen LogP contribution in [0.15, 0.2) is 6.20 Å². The molecule has 0 radical (unpaired) electrons. The lowest BCUT2D eigenvalue weighted by molar-refractivity contribution is -0.0621. The molecular weight excluding hydrogens is 246 g/mol. The molecule has 1 heterocycles. The number of aromatic nitrogens is 2. The normalized spacial score (nSPS) is 38.6. The molecule has 0 spiro atoms. The number of hydrogen-bond donors (Lipinski definition) is 1. The second-order valence-corrected chi connectivity index (χ2v) is 7.86. The Morgan fingerprint density at radius 1 is 1.20 bits per heavy atom. The van der Waals surface area contributed by atoms with Gasteiger partial charge in [-0.2, -0.15) is 0 Å². The minimum absolute atomic E-state index is 0.597. The number of imidazole rings is 1. The van der Waals surface area contributed by atoms with E-state index in [1.54, 1.807) is 0 Å². The summed E-state index contributed by atoms with van der Waals surface area (Å²) in [5.41, 5.74) is 7.43. The predicted molar refractivity (Wildman–Crippen MR) is 80.3 cm³/mol. The summed E-state index contributed by atoms with van der Waals surface area (Å²) in [4.78, 5) is 4.68. The van der Waals surface area contributed by atoms with Crippen LogP contribution in [0, 0.1) is 30.1 Å². The van der Waals surface area contributed by atoms with Crippen LogP contribution in [0.5, 0.6) is 0 Å². The fraction of sp³-hybridized carbons (Fsp3) is 0.824. The lowest BCUT2D eigenvalue weighted by Crippen LogP contribution is -2.47. The minimum Gasteiger partial charge on any atom is -0.334 e. The highest BCUT2D eigenvalue weighted by molar-refractivity contribution is 5.07. The van der Waals surface area contributed by atoms with Crippen molar-refractivity contribution < 1.29 is 0 Å². The van der Waals surface area contributed by atoms with E-state index in [-0.39, 0.29) is 0 Å². The van der Waals surface area contributed by atoms with Gasteiger partial charge in [-0.15, -0.1) is 0 Å². The molecule has 110 valence electrons. The van der Waals surface area contributed by atoms with Crippen LogP contribution in [-0.2, 0) is 13.0 Å². The zero-order valence-electron chi connectivity index (χ0n) is 12.6. The fourth-order valence-electron chi connectivity index (χ4n) is 5.85. The molecule has 0 unspecified atom stereocenters. The van der Waals surface area contributed by atoms with Gasteiger partial charge in [-0.25, -0.2) is 4.98 Å². The quantitative estimate of drug-likeness (QED) is 0.916. The number of aryl methyl sites for hydroxylation is 1. The molecule has 1 aromatic heterocycles. The van der Waals surface area contributed by atoms with Gasteiger partial charge in [0, 0.05) is 19.2 Å². The summed E-state index contributed by atoms with van der Waals surface area (Å²) < 4.78 is 2.43. The van der Waals surface area contributed by atoms with E-state index in [9.17, 15) is 0 Å². The second kappa shape index (κ2) is 4.59. The first-order valence-electron chi connectivity index (χ1n) is 8.38. The highest BCUT2D eigenvalue weighted by atomic mass is 15.1. The van der Waals surface area contributed by atoms with E-state index in [2.05, 4.69) is 22.7 Å². The third-order valence-electron chi connectivity index (χ3n) is 6.10. The van der Waals surface area contributed by atoms with Crippen LogP contribution in [0.4, 0.5) is 0 Å². The lowest BCUT2D eigenvalue weighted by atomic mass is 9.49. The molecule has 4 fully saturated rings. The van der Waals surface area contributed by atoms with Crippen molar-refractivity contribution in [2.45, 2.75) is 58.4 Å². The van der Waals surface area contributed by atoms with Gasteiger partial charge in [0.1, 0.15) is 5.82 Å². The third kappa shape index (κ3) is 2.11. The summed E-state index contributed by atoms with van der Waals surface area (Å²) >= 11 is 0. The summed E-state index contributed by atoms with van der Waals surface area (Å²) in [7, 11) is 0. The average Bonchev–Trinajstić information content (AvgIpc) is 2.67. The first-order chi connectivity index (χ1) is 9.66. The first kappa shape index (κ1) is 12.9. The van der Waals surface area contributed by atoms with Crippen molar-refractivity contribution in [2.24, 2.45) is 28.9 Å².